The average Bonchev–Trinajstić information content (AvgIpc) is 2.31. The van der Waals surface area contributed by atoms with Gasteiger partial charge in [0.15, 0.2) is 0 Å². The molecular formula is C11H12O3S. The summed E-state index contributed by atoms with van der Waals surface area (Å²) in [6.45, 7) is 0.650. The minimum atomic E-state index is -0.392. The summed E-state index contributed by atoms with van der Waals surface area (Å²) in [6, 6.07) is 8.96. The molecule has 0 saturated carbocycles. The van der Waals surface area contributed by atoms with E-state index in [0.717, 1.165) is 11.5 Å². The lowest BCUT2D eigenvalue weighted by Gasteiger charge is -2.21. The molecule has 0 bridgehead atoms. The zero-order chi connectivity index (χ0) is 10.5. The van der Waals surface area contributed by atoms with Gasteiger partial charge in [-0.25, -0.2) is 4.79 Å². The zero-order valence-electron chi connectivity index (χ0n) is 8.22. The molecule has 0 N–H and O–H groups in total. The van der Waals surface area contributed by atoms with Crippen molar-refractivity contribution in [1.82, 2.24) is 0 Å². The van der Waals surface area contributed by atoms with E-state index in [4.69, 9.17) is 9.47 Å². The maximum atomic E-state index is 11.6. The van der Waals surface area contributed by atoms with Crippen LogP contribution in [-0.4, -0.2) is 30.4 Å². The number of hydrogen-bond donors (Lipinski definition) is 0. The minimum absolute atomic E-state index is 0.317. The largest absolute Gasteiger partial charge is 0.431 e. The first-order valence-electron chi connectivity index (χ1n) is 4.81. The van der Waals surface area contributed by atoms with E-state index in [0.29, 0.717) is 12.2 Å². The zero-order valence-corrected chi connectivity index (χ0v) is 9.03. The normalized spacial score (nSPS) is 20.9. The van der Waals surface area contributed by atoms with Gasteiger partial charge in [-0.2, -0.15) is 11.8 Å². The van der Waals surface area contributed by atoms with Gasteiger partial charge in [-0.3, -0.25) is 0 Å². The van der Waals surface area contributed by atoms with Crippen LogP contribution >= 0.6 is 11.8 Å². The highest BCUT2D eigenvalue weighted by molar-refractivity contribution is 7.99. The third kappa shape index (κ3) is 2.97. The van der Waals surface area contributed by atoms with Crippen molar-refractivity contribution >= 4 is 17.7 Å². The molecule has 0 radical (unpaired) electrons. The Balaban J connectivity index is 1.91. The standard InChI is InChI=1S/C11H12O3S/c12-11(9-4-2-1-3-5-9)14-10-8-15-7-6-13-10/h1-5,10H,6-8H2. The number of carbonyl (C=O) groups is 1. The molecule has 0 aromatic heterocycles. The van der Waals surface area contributed by atoms with Crippen molar-refractivity contribution in [2.24, 2.45) is 0 Å². The Bertz CT molecular complexity index is 320. The van der Waals surface area contributed by atoms with Crippen LogP contribution in [0.15, 0.2) is 30.3 Å². The highest BCUT2D eigenvalue weighted by Gasteiger charge is 2.19. The van der Waals surface area contributed by atoms with E-state index in [1.807, 2.05) is 18.2 Å². The number of ether oxygens (including phenoxy) is 2. The fourth-order valence-electron chi connectivity index (χ4n) is 1.30. The molecule has 1 saturated heterocycles. The van der Waals surface area contributed by atoms with E-state index < -0.39 is 6.29 Å². The van der Waals surface area contributed by atoms with Crippen molar-refractivity contribution in [3.63, 3.8) is 0 Å². The quantitative estimate of drug-likeness (QED) is 0.719. The summed E-state index contributed by atoms with van der Waals surface area (Å²) < 4.78 is 10.5. The Labute approximate surface area is 92.8 Å². The number of hydrogen-bond acceptors (Lipinski definition) is 4. The van der Waals surface area contributed by atoms with Crippen molar-refractivity contribution in [2.45, 2.75) is 6.29 Å². The lowest BCUT2D eigenvalue weighted by atomic mass is 10.2. The van der Waals surface area contributed by atoms with Gasteiger partial charge in [0.25, 0.3) is 0 Å². The summed E-state index contributed by atoms with van der Waals surface area (Å²) in [4.78, 5) is 11.6. The molecular weight excluding hydrogens is 212 g/mol. The Morgan fingerprint density at radius 1 is 1.40 bits per heavy atom. The van der Waals surface area contributed by atoms with E-state index in [-0.39, 0.29) is 5.97 Å². The second-order valence-electron chi connectivity index (χ2n) is 3.15. The lowest BCUT2D eigenvalue weighted by Crippen LogP contribution is -2.28. The highest BCUT2D eigenvalue weighted by Crippen LogP contribution is 2.15. The second kappa shape index (κ2) is 5.19. The van der Waals surface area contributed by atoms with Gasteiger partial charge < -0.3 is 9.47 Å². The fraction of sp³-hybridized carbons (Fsp3) is 0.364. The third-order valence-electron chi connectivity index (χ3n) is 2.03. The smallest absolute Gasteiger partial charge is 0.340 e. The van der Waals surface area contributed by atoms with Crippen molar-refractivity contribution in [3.05, 3.63) is 35.9 Å². The summed E-state index contributed by atoms with van der Waals surface area (Å²) in [5.74, 6) is 1.38. The topological polar surface area (TPSA) is 35.5 Å². The van der Waals surface area contributed by atoms with Crippen LogP contribution in [0.5, 0.6) is 0 Å². The molecule has 4 heteroatoms. The molecule has 1 aliphatic heterocycles. The molecule has 1 fully saturated rings. The summed E-state index contributed by atoms with van der Waals surface area (Å²) in [5.41, 5.74) is 0.566. The number of benzene rings is 1. The Morgan fingerprint density at radius 3 is 2.87 bits per heavy atom. The van der Waals surface area contributed by atoms with Gasteiger partial charge in [0.2, 0.25) is 6.29 Å². The van der Waals surface area contributed by atoms with Crippen molar-refractivity contribution in [3.8, 4) is 0 Å². The predicted molar refractivity (Wildman–Crippen MR) is 58.9 cm³/mol. The molecule has 0 aliphatic carbocycles. The molecule has 0 amide bonds. The van der Waals surface area contributed by atoms with Crippen LogP contribution in [0.2, 0.25) is 0 Å². The summed E-state index contributed by atoms with van der Waals surface area (Å²) in [6.07, 6.45) is -0.392. The van der Waals surface area contributed by atoms with Gasteiger partial charge in [0, 0.05) is 5.75 Å². The van der Waals surface area contributed by atoms with Crippen LogP contribution in [0.25, 0.3) is 0 Å². The number of carbonyl (C=O) groups excluding carboxylic acids is 1. The molecule has 1 heterocycles. The van der Waals surface area contributed by atoms with Crippen LogP contribution < -0.4 is 0 Å². The lowest BCUT2D eigenvalue weighted by molar-refractivity contribution is -0.0937. The Hall–Kier alpha value is -1.00. The van der Waals surface area contributed by atoms with E-state index in [2.05, 4.69) is 0 Å². The third-order valence-corrected chi connectivity index (χ3v) is 3.00. The van der Waals surface area contributed by atoms with Crippen molar-refractivity contribution in [2.75, 3.05) is 18.1 Å². The molecule has 1 unspecified atom stereocenters. The van der Waals surface area contributed by atoms with E-state index in [1.165, 1.54) is 0 Å². The maximum Gasteiger partial charge on any atom is 0.340 e. The molecule has 1 atom stereocenters. The highest BCUT2D eigenvalue weighted by atomic mass is 32.2. The fourth-order valence-corrected chi connectivity index (χ4v) is 2.03. The van der Waals surface area contributed by atoms with Crippen molar-refractivity contribution in [1.29, 1.82) is 0 Å². The molecule has 80 valence electrons. The number of esters is 1. The molecule has 15 heavy (non-hydrogen) atoms. The van der Waals surface area contributed by atoms with Crippen LogP contribution in [-0.2, 0) is 9.47 Å². The first-order valence-corrected chi connectivity index (χ1v) is 5.97. The van der Waals surface area contributed by atoms with Crippen LogP contribution in [0.1, 0.15) is 10.4 Å². The Morgan fingerprint density at radius 2 is 2.20 bits per heavy atom. The second-order valence-corrected chi connectivity index (χ2v) is 4.30. The molecule has 0 spiro atoms. The van der Waals surface area contributed by atoms with Gasteiger partial charge >= 0.3 is 5.97 Å². The van der Waals surface area contributed by atoms with Gasteiger partial charge in [-0.1, -0.05) is 18.2 Å². The van der Waals surface area contributed by atoms with Crippen LogP contribution in [0.3, 0.4) is 0 Å². The molecule has 1 aromatic rings. The first kappa shape index (κ1) is 10.5. The SMILES string of the molecule is O=C(OC1CSCCO1)c1ccccc1. The van der Waals surface area contributed by atoms with Crippen LogP contribution in [0.4, 0.5) is 0 Å². The summed E-state index contributed by atoms with van der Waals surface area (Å²) in [5, 5.41) is 0. The summed E-state index contributed by atoms with van der Waals surface area (Å²) in [7, 11) is 0. The van der Waals surface area contributed by atoms with Gasteiger partial charge in [0.05, 0.1) is 17.9 Å². The molecule has 1 aliphatic rings. The molecule has 1 aromatic carbocycles. The number of rotatable bonds is 2. The first-order chi connectivity index (χ1) is 7.36. The molecule has 2 rings (SSSR count). The molecule has 3 nitrogen and oxygen atoms in total. The monoisotopic (exact) mass is 224 g/mol. The van der Waals surface area contributed by atoms with Gasteiger partial charge in [0.1, 0.15) is 0 Å². The Kier molecular flexibility index (Phi) is 3.64. The van der Waals surface area contributed by atoms with Crippen molar-refractivity contribution < 1.29 is 14.3 Å². The van der Waals surface area contributed by atoms with Gasteiger partial charge in [-0.05, 0) is 12.1 Å². The predicted octanol–water partition coefficient (Wildman–Crippen LogP) is 1.93. The van der Waals surface area contributed by atoms with E-state index >= 15 is 0 Å². The van der Waals surface area contributed by atoms with E-state index in [9.17, 15) is 4.79 Å². The van der Waals surface area contributed by atoms with Crippen LogP contribution in [0, 0.1) is 0 Å². The maximum absolute atomic E-state index is 11.6. The minimum Gasteiger partial charge on any atom is -0.431 e. The average molecular weight is 224 g/mol. The van der Waals surface area contributed by atoms with Gasteiger partial charge in [-0.15, -0.1) is 0 Å². The summed E-state index contributed by atoms with van der Waals surface area (Å²) >= 11 is 1.74. The number of thioether (sulfide) groups is 1. The van der Waals surface area contributed by atoms with E-state index in [1.54, 1.807) is 23.9 Å².